The highest BCUT2D eigenvalue weighted by Gasteiger charge is 2.33. The lowest BCUT2D eigenvalue weighted by molar-refractivity contribution is -0.138. The predicted molar refractivity (Wildman–Crippen MR) is 112 cm³/mol. The Morgan fingerprint density at radius 3 is 2.17 bits per heavy atom. The number of hydrogen-bond donors (Lipinski definition) is 0. The molecule has 2 aromatic carbocycles. The number of carbonyl (C=O) groups excluding carboxylic acids is 1. The van der Waals surface area contributed by atoms with Gasteiger partial charge in [-0.25, -0.2) is 8.42 Å². The number of sulfonamides is 1. The van der Waals surface area contributed by atoms with Crippen molar-refractivity contribution in [1.82, 2.24) is 14.1 Å². The van der Waals surface area contributed by atoms with Gasteiger partial charge in [-0.3, -0.25) is 9.69 Å². The molecule has 1 atom stereocenters. The third-order valence-electron chi connectivity index (χ3n) is 6.00. The Balaban J connectivity index is 1.37. The molecule has 0 radical (unpaired) electrons. The van der Waals surface area contributed by atoms with Crippen LogP contribution in [0.25, 0.3) is 0 Å². The second-order valence-corrected chi connectivity index (χ2v) is 9.65. The molecule has 6 nitrogen and oxygen atoms in total. The first kappa shape index (κ1) is 20.1. The van der Waals surface area contributed by atoms with Gasteiger partial charge >= 0.3 is 0 Å². The minimum Gasteiger partial charge on any atom is -0.339 e. The highest BCUT2D eigenvalue weighted by atomic mass is 32.2. The van der Waals surface area contributed by atoms with Crippen LogP contribution in [-0.4, -0.2) is 67.2 Å². The number of benzene rings is 2. The van der Waals surface area contributed by atoms with E-state index in [-0.39, 0.29) is 11.9 Å². The fourth-order valence-electron chi connectivity index (χ4n) is 4.16. The van der Waals surface area contributed by atoms with Crippen molar-refractivity contribution in [2.24, 2.45) is 0 Å². The summed E-state index contributed by atoms with van der Waals surface area (Å²) >= 11 is 0. The minimum atomic E-state index is -3.50. The maximum Gasteiger partial charge on any atom is 0.243 e. The second kappa shape index (κ2) is 8.26. The maximum absolute atomic E-state index is 13.1. The largest absolute Gasteiger partial charge is 0.339 e. The van der Waals surface area contributed by atoms with Crippen molar-refractivity contribution in [1.29, 1.82) is 0 Å². The van der Waals surface area contributed by atoms with E-state index in [1.807, 2.05) is 17.9 Å². The van der Waals surface area contributed by atoms with E-state index in [4.69, 9.17) is 0 Å². The van der Waals surface area contributed by atoms with Crippen LogP contribution >= 0.6 is 0 Å². The van der Waals surface area contributed by atoms with E-state index < -0.39 is 10.0 Å². The molecule has 0 saturated carbocycles. The molecule has 2 aromatic rings. The fraction of sp³-hybridized carbons (Fsp3) is 0.409. The average molecular weight is 414 g/mol. The van der Waals surface area contributed by atoms with Gasteiger partial charge in [0.25, 0.3) is 0 Å². The van der Waals surface area contributed by atoms with E-state index in [0.717, 1.165) is 19.5 Å². The summed E-state index contributed by atoms with van der Waals surface area (Å²) in [6.45, 7) is 5.14. The van der Waals surface area contributed by atoms with Gasteiger partial charge in [0, 0.05) is 39.3 Å². The highest BCUT2D eigenvalue weighted by Crippen LogP contribution is 2.22. The topological polar surface area (TPSA) is 60.9 Å². The second-order valence-electron chi connectivity index (χ2n) is 7.71. The molecule has 0 bridgehead atoms. The Bertz CT molecular complexity index is 970. The molecule has 2 aliphatic rings. The summed E-state index contributed by atoms with van der Waals surface area (Å²) in [5.41, 5.74) is 2.65. The summed E-state index contributed by atoms with van der Waals surface area (Å²) in [5.74, 6) is 0.0844. The molecule has 0 spiro atoms. The first-order valence-corrected chi connectivity index (χ1v) is 11.6. The van der Waals surface area contributed by atoms with Crippen LogP contribution in [0.1, 0.15) is 18.1 Å². The Labute approximate surface area is 172 Å². The van der Waals surface area contributed by atoms with Crippen molar-refractivity contribution in [3.05, 3.63) is 65.7 Å². The van der Waals surface area contributed by atoms with Crippen LogP contribution in [-0.2, 0) is 27.8 Å². The normalized spacial score (nSPS) is 19.6. The van der Waals surface area contributed by atoms with Crippen LogP contribution < -0.4 is 0 Å². The molecule has 0 unspecified atom stereocenters. The van der Waals surface area contributed by atoms with Gasteiger partial charge in [-0.15, -0.1) is 0 Å². The van der Waals surface area contributed by atoms with Gasteiger partial charge in [0.1, 0.15) is 0 Å². The third kappa shape index (κ3) is 4.08. The molecule has 0 aliphatic carbocycles. The first-order valence-electron chi connectivity index (χ1n) is 10.1. The molecule has 0 aromatic heterocycles. The Morgan fingerprint density at radius 1 is 0.862 bits per heavy atom. The monoisotopic (exact) mass is 413 g/mol. The Morgan fingerprint density at radius 2 is 1.48 bits per heavy atom. The quantitative estimate of drug-likeness (QED) is 0.769. The van der Waals surface area contributed by atoms with Gasteiger partial charge in [0.15, 0.2) is 0 Å². The number of carbonyl (C=O) groups is 1. The molecule has 2 aliphatic heterocycles. The number of piperazine rings is 1. The molecular formula is C22H27N3O3S. The molecule has 7 heteroatoms. The molecule has 1 amide bonds. The first-order chi connectivity index (χ1) is 14.0. The lowest BCUT2D eigenvalue weighted by atomic mass is 9.98. The minimum absolute atomic E-state index is 0.0844. The van der Waals surface area contributed by atoms with E-state index in [0.29, 0.717) is 31.1 Å². The van der Waals surface area contributed by atoms with E-state index in [1.54, 1.807) is 30.3 Å². The van der Waals surface area contributed by atoms with Crippen LogP contribution in [0.15, 0.2) is 59.5 Å². The Hall–Kier alpha value is -2.22. The van der Waals surface area contributed by atoms with Crippen molar-refractivity contribution in [3.63, 3.8) is 0 Å². The smallest absolute Gasteiger partial charge is 0.243 e. The maximum atomic E-state index is 13.1. The van der Waals surface area contributed by atoms with Crippen molar-refractivity contribution in [2.75, 3.05) is 32.7 Å². The standard InChI is InChI=1S/C22H27N3O3S/c1-18(24-12-11-19-7-5-6-8-20(19)17-24)22(26)23-13-15-25(16-14-23)29(27,28)21-9-3-2-4-10-21/h2-10,18H,11-17H2,1H3/t18-/m1/s1. The van der Waals surface area contributed by atoms with Gasteiger partial charge < -0.3 is 4.90 Å². The molecule has 29 heavy (non-hydrogen) atoms. The number of hydrogen-bond acceptors (Lipinski definition) is 4. The summed E-state index contributed by atoms with van der Waals surface area (Å²) in [4.78, 5) is 17.4. The lowest BCUT2D eigenvalue weighted by Gasteiger charge is -2.39. The van der Waals surface area contributed by atoms with Crippen LogP contribution in [0.4, 0.5) is 0 Å². The van der Waals surface area contributed by atoms with E-state index in [1.165, 1.54) is 15.4 Å². The zero-order valence-corrected chi connectivity index (χ0v) is 17.5. The van der Waals surface area contributed by atoms with Crippen LogP contribution in [0.2, 0.25) is 0 Å². The summed E-state index contributed by atoms with van der Waals surface area (Å²) in [5, 5.41) is 0. The molecule has 4 rings (SSSR count). The summed E-state index contributed by atoms with van der Waals surface area (Å²) in [7, 11) is -3.50. The van der Waals surface area contributed by atoms with Crippen molar-refractivity contribution < 1.29 is 13.2 Å². The molecule has 0 N–H and O–H groups in total. The van der Waals surface area contributed by atoms with Crippen molar-refractivity contribution in [3.8, 4) is 0 Å². The zero-order chi connectivity index (χ0) is 20.4. The van der Waals surface area contributed by atoms with Crippen LogP contribution in [0.3, 0.4) is 0 Å². The number of rotatable bonds is 4. The van der Waals surface area contributed by atoms with Crippen molar-refractivity contribution in [2.45, 2.75) is 30.8 Å². The Kier molecular flexibility index (Phi) is 5.72. The fourth-order valence-corrected chi connectivity index (χ4v) is 5.60. The van der Waals surface area contributed by atoms with Gasteiger partial charge in [0.05, 0.1) is 10.9 Å². The summed E-state index contributed by atoms with van der Waals surface area (Å²) in [6.07, 6.45) is 0.955. The average Bonchev–Trinajstić information content (AvgIpc) is 2.78. The molecule has 1 saturated heterocycles. The van der Waals surface area contributed by atoms with Gasteiger partial charge in [-0.2, -0.15) is 4.31 Å². The predicted octanol–water partition coefficient (Wildman–Crippen LogP) is 1.97. The molecule has 2 heterocycles. The van der Waals surface area contributed by atoms with Gasteiger partial charge in [-0.05, 0) is 36.6 Å². The van der Waals surface area contributed by atoms with E-state index >= 15 is 0 Å². The molecule has 154 valence electrons. The van der Waals surface area contributed by atoms with Crippen molar-refractivity contribution >= 4 is 15.9 Å². The summed E-state index contributed by atoms with van der Waals surface area (Å²) < 4.78 is 27.0. The van der Waals surface area contributed by atoms with Gasteiger partial charge in [-0.1, -0.05) is 42.5 Å². The van der Waals surface area contributed by atoms with Gasteiger partial charge in [0.2, 0.25) is 15.9 Å². The van der Waals surface area contributed by atoms with Crippen LogP contribution in [0, 0.1) is 0 Å². The van der Waals surface area contributed by atoms with E-state index in [9.17, 15) is 13.2 Å². The number of nitrogens with zero attached hydrogens (tertiary/aromatic N) is 3. The number of amides is 1. The highest BCUT2D eigenvalue weighted by molar-refractivity contribution is 7.89. The third-order valence-corrected chi connectivity index (χ3v) is 7.91. The zero-order valence-electron chi connectivity index (χ0n) is 16.7. The lowest BCUT2D eigenvalue weighted by Crippen LogP contribution is -2.55. The SMILES string of the molecule is C[C@H](C(=O)N1CCN(S(=O)(=O)c2ccccc2)CC1)N1CCc2ccccc2C1. The number of fused-ring (bicyclic) bond motifs is 1. The van der Waals surface area contributed by atoms with E-state index in [2.05, 4.69) is 23.1 Å². The molecular weight excluding hydrogens is 386 g/mol. The summed E-state index contributed by atoms with van der Waals surface area (Å²) in [6, 6.07) is 16.7. The molecule has 1 fully saturated rings. The van der Waals surface area contributed by atoms with Crippen LogP contribution in [0.5, 0.6) is 0 Å².